The molecule has 0 bridgehead atoms. The molecule has 18 heavy (non-hydrogen) atoms. The van der Waals surface area contributed by atoms with Crippen molar-refractivity contribution >= 4 is 23.5 Å². The van der Waals surface area contributed by atoms with Crippen molar-refractivity contribution in [1.29, 1.82) is 0 Å². The maximum absolute atomic E-state index is 12.9. The first-order valence-corrected chi connectivity index (χ1v) is 5.76. The van der Waals surface area contributed by atoms with Gasteiger partial charge in [0.2, 0.25) is 0 Å². The fraction of sp³-hybridized carbons (Fsp3) is 0. The van der Waals surface area contributed by atoms with E-state index in [9.17, 15) is 9.18 Å². The summed E-state index contributed by atoms with van der Waals surface area (Å²) in [7, 11) is 0. The maximum atomic E-state index is 12.9. The van der Waals surface area contributed by atoms with E-state index in [1.807, 2.05) is 0 Å². The molecule has 0 fully saturated rings. The average Bonchev–Trinajstić information content (AvgIpc) is 2.36. The Labute approximate surface area is 110 Å². The molecule has 90 valence electrons. The van der Waals surface area contributed by atoms with Gasteiger partial charge in [-0.05, 0) is 35.9 Å². The number of allylic oxidation sites excluding steroid dienone is 1. The SMILES string of the molecule is O=C(/C=C/c1cccc(F)c1)c1cccc(Cl)c1. The lowest BCUT2D eigenvalue weighted by molar-refractivity contribution is 0.104. The molecule has 2 aromatic rings. The molecule has 0 saturated heterocycles. The molecule has 0 amide bonds. The number of halogens is 2. The fourth-order valence-corrected chi connectivity index (χ4v) is 1.71. The van der Waals surface area contributed by atoms with Crippen LogP contribution in [0.4, 0.5) is 4.39 Å². The van der Waals surface area contributed by atoms with Crippen molar-refractivity contribution in [3.8, 4) is 0 Å². The van der Waals surface area contributed by atoms with E-state index >= 15 is 0 Å². The van der Waals surface area contributed by atoms with Crippen LogP contribution in [0.1, 0.15) is 15.9 Å². The summed E-state index contributed by atoms with van der Waals surface area (Å²) < 4.78 is 12.9. The highest BCUT2D eigenvalue weighted by molar-refractivity contribution is 6.31. The van der Waals surface area contributed by atoms with E-state index in [-0.39, 0.29) is 11.6 Å². The molecule has 2 aromatic carbocycles. The van der Waals surface area contributed by atoms with E-state index < -0.39 is 0 Å². The Morgan fingerprint density at radius 3 is 2.61 bits per heavy atom. The molecular weight excluding hydrogens is 251 g/mol. The number of rotatable bonds is 3. The Kier molecular flexibility index (Phi) is 3.90. The van der Waals surface area contributed by atoms with Crippen LogP contribution >= 0.6 is 11.6 Å². The van der Waals surface area contributed by atoms with Crippen molar-refractivity contribution in [1.82, 2.24) is 0 Å². The molecule has 0 radical (unpaired) electrons. The number of hydrogen-bond acceptors (Lipinski definition) is 1. The molecule has 0 aromatic heterocycles. The van der Waals surface area contributed by atoms with Crippen molar-refractivity contribution in [3.63, 3.8) is 0 Å². The minimum atomic E-state index is -0.327. The number of carbonyl (C=O) groups is 1. The van der Waals surface area contributed by atoms with Crippen LogP contribution in [0.25, 0.3) is 6.08 Å². The summed E-state index contributed by atoms with van der Waals surface area (Å²) in [5, 5.41) is 0.514. The molecule has 0 atom stereocenters. The molecule has 0 unspecified atom stereocenters. The van der Waals surface area contributed by atoms with Gasteiger partial charge in [0, 0.05) is 10.6 Å². The summed E-state index contributed by atoms with van der Waals surface area (Å²) in [6.45, 7) is 0. The molecule has 0 aliphatic heterocycles. The second-order valence-electron chi connectivity index (χ2n) is 3.76. The molecule has 0 N–H and O–H groups in total. The lowest BCUT2D eigenvalue weighted by atomic mass is 10.1. The first kappa shape index (κ1) is 12.5. The maximum Gasteiger partial charge on any atom is 0.185 e. The Morgan fingerprint density at radius 1 is 1.11 bits per heavy atom. The second kappa shape index (κ2) is 5.61. The average molecular weight is 261 g/mol. The number of benzene rings is 2. The topological polar surface area (TPSA) is 17.1 Å². The molecule has 0 aliphatic carbocycles. The second-order valence-corrected chi connectivity index (χ2v) is 4.20. The van der Waals surface area contributed by atoms with Gasteiger partial charge < -0.3 is 0 Å². The zero-order chi connectivity index (χ0) is 13.0. The first-order valence-electron chi connectivity index (χ1n) is 5.39. The van der Waals surface area contributed by atoms with Crippen LogP contribution in [0.5, 0.6) is 0 Å². The summed E-state index contributed by atoms with van der Waals surface area (Å²) in [6.07, 6.45) is 2.98. The van der Waals surface area contributed by atoms with Gasteiger partial charge in [0.05, 0.1) is 0 Å². The van der Waals surface area contributed by atoms with Crippen molar-refractivity contribution in [2.24, 2.45) is 0 Å². The Bertz CT molecular complexity index is 605. The van der Waals surface area contributed by atoms with Crippen LogP contribution in [0.2, 0.25) is 5.02 Å². The highest BCUT2D eigenvalue weighted by Gasteiger charge is 2.01. The lowest BCUT2D eigenvalue weighted by Crippen LogP contribution is -1.93. The van der Waals surface area contributed by atoms with Crippen molar-refractivity contribution in [3.05, 3.63) is 76.6 Å². The van der Waals surface area contributed by atoms with Gasteiger partial charge in [-0.25, -0.2) is 4.39 Å². The normalized spacial score (nSPS) is 10.8. The van der Waals surface area contributed by atoms with E-state index in [2.05, 4.69) is 0 Å². The molecule has 0 heterocycles. The van der Waals surface area contributed by atoms with Crippen molar-refractivity contribution in [2.45, 2.75) is 0 Å². The van der Waals surface area contributed by atoms with Crippen LogP contribution in [-0.4, -0.2) is 5.78 Å². The van der Waals surface area contributed by atoms with Crippen LogP contribution in [-0.2, 0) is 0 Å². The van der Waals surface area contributed by atoms with E-state index in [1.165, 1.54) is 18.2 Å². The van der Waals surface area contributed by atoms with Crippen LogP contribution in [0, 0.1) is 5.82 Å². The van der Waals surface area contributed by atoms with Gasteiger partial charge in [0.1, 0.15) is 5.82 Å². The van der Waals surface area contributed by atoms with E-state index in [1.54, 1.807) is 42.5 Å². The summed E-state index contributed by atoms with van der Waals surface area (Å²) in [6, 6.07) is 12.7. The van der Waals surface area contributed by atoms with Gasteiger partial charge in [-0.2, -0.15) is 0 Å². The van der Waals surface area contributed by atoms with Gasteiger partial charge in [0.25, 0.3) is 0 Å². The number of ketones is 1. The van der Waals surface area contributed by atoms with Crippen LogP contribution < -0.4 is 0 Å². The summed E-state index contributed by atoms with van der Waals surface area (Å²) in [5.41, 5.74) is 1.15. The van der Waals surface area contributed by atoms with E-state index in [4.69, 9.17) is 11.6 Å². The van der Waals surface area contributed by atoms with E-state index in [0.29, 0.717) is 16.1 Å². The highest BCUT2D eigenvalue weighted by atomic mass is 35.5. The number of carbonyl (C=O) groups excluding carboxylic acids is 1. The lowest BCUT2D eigenvalue weighted by Gasteiger charge is -1.97. The molecule has 0 aliphatic rings. The number of hydrogen-bond donors (Lipinski definition) is 0. The van der Waals surface area contributed by atoms with Gasteiger partial charge in [-0.1, -0.05) is 41.9 Å². The zero-order valence-corrected chi connectivity index (χ0v) is 10.2. The first-order chi connectivity index (χ1) is 8.65. The van der Waals surface area contributed by atoms with Crippen LogP contribution in [0.3, 0.4) is 0 Å². The molecule has 3 heteroatoms. The van der Waals surface area contributed by atoms with Crippen LogP contribution in [0.15, 0.2) is 54.6 Å². The smallest absolute Gasteiger partial charge is 0.185 e. The third-order valence-corrected chi connectivity index (χ3v) is 2.62. The molecule has 0 saturated carbocycles. The molecule has 2 rings (SSSR count). The predicted octanol–water partition coefficient (Wildman–Crippen LogP) is 4.38. The summed E-state index contributed by atoms with van der Waals surface area (Å²) >= 11 is 5.80. The third-order valence-electron chi connectivity index (χ3n) is 2.38. The Balaban J connectivity index is 2.17. The summed E-state index contributed by atoms with van der Waals surface area (Å²) in [5.74, 6) is -0.492. The van der Waals surface area contributed by atoms with Crippen molar-refractivity contribution in [2.75, 3.05) is 0 Å². The standard InChI is InChI=1S/C15H10ClFO/c16-13-5-2-4-12(10-13)15(18)8-7-11-3-1-6-14(17)9-11/h1-10H/b8-7+. The predicted molar refractivity (Wildman–Crippen MR) is 71.2 cm³/mol. The highest BCUT2D eigenvalue weighted by Crippen LogP contribution is 2.12. The van der Waals surface area contributed by atoms with Gasteiger partial charge in [-0.15, -0.1) is 0 Å². The largest absolute Gasteiger partial charge is 0.289 e. The van der Waals surface area contributed by atoms with Crippen molar-refractivity contribution < 1.29 is 9.18 Å². The monoisotopic (exact) mass is 260 g/mol. The van der Waals surface area contributed by atoms with E-state index in [0.717, 1.165) is 0 Å². The molecule has 1 nitrogen and oxygen atoms in total. The van der Waals surface area contributed by atoms with Gasteiger partial charge in [0.15, 0.2) is 5.78 Å². The zero-order valence-electron chi connectivity index (χ0n) is 9.44. The quantitative estimate of drug-likeness (QED) is 0.591. The minimum absolute atomic E-state index is 0.165. The molecule has 0 spiro atoms. The molecular formula is C15H10ClFO. The summed E-state index contributed by atoms with van der Waals surface area (Å²) in [4.78, 5) is 11.8. The minimum Gasteiger partial charge on any atom is -0.289 e. The third kappa shape index (κ3) is 3.28. The Morgan fingerprint density at radius 2 is 1.89 bits per heavy atom. The van der Waals surface area contributed by atoms with Gasteiger partial charge >= 0.3 is 0 Å². The fourth-order valence-electron chi connectivity index (χ4n) is 1.52. The van der Waals surface area contributed by atoms with Gasteiger partial charge in [-0.3, -0.25) is 4.79 Å². The Hall–Kier alpha value is -1.93.